The fourth-order valence-corrected chi connectivity index (χ4v) is 3.67. The zero-order valence-electron chi connectivity index (χ0n) is 13.6. The van der Waals surface area contributed by atoms with E-state index in [0.29, 0.717) is 12.0 Å². The number of piperidine rings is 1. The van der Waals surface area contributed by atoms with Crippen molar-refractivity contribution in [2.45, 2.75) is 32.2 Å². The molecule has 2 saturated heterocycles. The van der Waals surface area contributed by atoms with Gasteiger partial charge < -0.3 is 19.9 Å². The molecule has 0 aromatic heterocycles. The van der Waals surface area contributed by atoms with Gasteiger partial charge in [-0.2, -0.15) is 0 Å². The number of hydrogen-bond donors (Lipinski definition) is 1. The van der Waals surface area contributed by atoms with E-state index in [1.54, 1.807) is 0 Å². The lowest BCUT2D eigenvalue weighted by molar-refractivity contribution is 0.0173. The van der Waals surface area contributed by atoms with Crippen LogP contribution in [0.2, 0.25) is 0 Å². The molecule has 2 aliphatic heterocycles. The summed E-state index contributed by atoms with van der Waals surface area (Å²) in [5.41, 5.74) is 0. The number of nitrogens with one attached hydrogen (secondary N) is 1. The number of rotatable bonds is 6. The Morgan fingerprint density at radius 3 is 2.65 bits per heavy atom. The summed E-state index contributed by atoms with van der Waals surface area (Å²) >= 11 is 0. The molecule has 118 valence electrons. The third-order valence-electron chi connectivity index (χ3n) is 4.89. The Hall–Kier alpha value is -0.160. The van der Waals surface area contributed by atoms with Gasteiger partial charge in [-0.15, -0.1) is 0 Å². The molecule has 2 unspecified atom stereocenters. The highest BCUT2D eigenvalue weighted by Gasteiger charge is 2.27. The van der Waals surface area contributed by atoms with Crippen molar-refractivity contribution in [3.8, 4) is 0 Å². The van der Waals surface area contributed by atoms with Crippen molar-refractivity contribution in [1.82, 2.24) is 15.1 Å². The maximum Gasteiger partial charge on any atom is 0.0521 e. The summed E-state index contributed by atoms with van der Waals surface area (Å²) in [7, 11) is 4.52. The van der Waals surface area contributed by atoms with Gasteiger partial charge in [0.25, 0.3) is 0 Å². The van der Waals surface area contributed by atoms with Crippen LogP contribution in [0.5, 0.6) is 0 Å². The van der Waals surface area contributed by atoms with Crippen LogP contribution in [-0.4, -0.2) is 75.9 Å². The first kappa shape index (κ1) is 16.2. The Kier molecular flexibility index (Phi) is 6.75. The van der Waals surface area contributed by atoms with Crippen LogP contribution in [0.25, 0.3) is 0 Å². The van der Waals surface area contributed by atoms with Gasteiger partial charge in [0.2, 0.25) is 0 Å². The minimum absolute atomic E-state index is 0.647. The summed E-state index contributed by atoms with van der Waals surface area (Å²) in [5.74, 6) is 1.54. The largest absolute Gasteiger partial charge is 0.381 e. The van der Waals surface area contributed by atoms with E-state index in [0.717, 1.165) is 25.7 Å². The molecule has 0 saturated carbocycles. The van der Waals surface area contributed by atoms with Crippen molar-refractivity contribution in [1.29, 1.82) is 0 Å². The Morgan fingerprint density at radius 2 is 1.95 bits per heavy atom. The van der Waals surface area contributed by atoms with Crippen molar-refractivity contribution in [3.05, 3.63) is 0 Å². The van der Waals surface area contributed by atoms with Crippen LogP contribution in [-0.2, 0) is 4.74 Å². The van der Waals surface area contributed by atoms with Gasteiger partial charge in [-0.1, -0.05) is 6.92 Å². The molecule has 2 aliphatic rings. The molecule has 2 rings (SSSR count). The van der Waals surface area contributed by atoms with E-state index in [4.69, 9.17) is 4.74 Å². The zero-order valence-corrected chi connectivity index (χ0v) is 13.6. The summed E-state index contributed by atoms with van der Waals surface area (Å²) in [4.78, 5) is 4.99. The summed E-state index contributed by atoms with van der Waals surface area (Å²) in [6, 6.07) is 0.647. The van der Waals surface area contributed by atoms with E-state index in [2.05, 4.69) is 36.1 Å². The molecular weight excluding hydrogens is 250 g/mol. The average Bonchev–Trinajstić information content (AvgIpc) is 2.44. The second-order valence-electron chi connectivity index (χ2n) is 6.76. The molecule has 1 N–H and O–H groups in total. The fraction of sp³-hybridized carbons (Fsp3) is 1.00. The smallest absolute Gasteiger partial charge is 0.0521 e. The molecule has 0 aliphatic carbocycles. The minimum atomic E-state index is 0.647. The van der Waals surface area contributed by atoms with Gasteiger partial charge in [0.05, 0.1) is 6.61 Å². The summed E-state index contributed by atoms with van der Waals surface area (Å²) in [6.45, 7) is 10.1. The van der Waals surface area contributed by atoms with Crippen LogP contribution in [0, 0.1) is 11.8 Å². The third kappa shape index (κ3) is 4.99. The predicted molar refractivity (Wildman–Crippen MR) is 84.1 cm³/mol. The first-order valence-corrected chi connectivity index (χ1v) is 8.37. The maximum absolute atomic E-state index is 5.69. The summed E-state index contributed by atoms with van der Waals surface area (Å²) in [5, 5.41) is 3.64. The molecule has 0 bridgehead atoms. The fourth-order valence-electron chi connectivity index (χ4n) is 3.67. The van der Waals surface area contributed by atoms with Gasteiger partial charge in [-0.25, -0.2) is 0 Å². The van der Waals surface area contributed by atoms with Crippen LogP contribution in [0.15, 0.2) is 0 Å². The topological polar surface area (TPSA) is 27.7 Å². The highest BCUT2D eigenvalue weighted by atomic mass is 16.5. The number of likely N-dealkylation sites (tertiary alicyclic amines) is 1. The third-order valence-corrected chi connectivity index (χ3v) is 4.89. The van der Waals surface area contributed by atoms with Crippen LogP contribution < -0.4 is 5.32 Å². The van der Waals surface area contributed by atoms with Gasteiger partial charge in [0.1, 0.15) is 0 Å². The van der Waals surface area contributed by atoms with Crippen LogP contribution >= 0.6 is 0 Å². The molecule has 20 heavy (non-hydrogen) atoms. The molecule has 2 atom stereocenters. The molecule has 4 nitrogen and oxygen atoms in total. The quantitative estimate of drug-likeness (QED) is 0.795. The van der Waals surface area contributed by atoms with Gasteiger partial charge in [-0.3, -0.25) is 0 Å². The van der Waals surface area contributed by atoms with E-state index >= 15 is 0 Å². The van der Waals surface area contributed by atoms with Crippen molar-refractivity contribution >= 4 is 0 Å². The van der Waals surface area contributed by atoms with E-state index in [1.165, 1.54) is 45.4 Å². The van der Waals surface area contributed by atoms with E-state index in [9.17, 15) is 0 Å². The molecule has 2 heterocycles. The molecular formula is C16H33N3O. The average molecular weight is 283 g/mol. The maximum atomic E-state index is 5.69. The lowest BCUT2D eigenvalue weighted by atomic mass is 9.93. The predicted octanol–water partition coefficient (Wildman–Crippen LogP) is 1.27. The van der Waals surface area contributed by atoms with E-state index < -0.39 is 0 Å². The Labute approximate surface area is 124 Å². The molecule has 0 amide bonds. The molecule has 0 spiro atoms. The zero-order chi connectivity index (χ0) is 14.4. The van der Waals surface area contributed by atoms with Crippen molar-refractivity contribution in [2.24, 2.45) is 11.8 Å². The van der Waals surface area contributed by atoms with Crippen molar-refractivity contribution < 1.29 is 4.74 Å². The molecule has 4 heteroatoms. The Balaban J connectivity index is 1.73. The first-order valence-electron chi connectivity index (χ1n) is 8.37. The number of ether oxygens (including phenoxy) is 1. The monoisotopic (exact) mass is 283 g/mol. The lowest BCUT2D eigenvalue weighted by Gasteiger charge is -2.37. The second kappa shape index (κ2) is 8.32. The number of nitrogens with zero attached hydrogens (tertiary/aromatic N) is 2. The van der Waals surface area contributed by atoms with Gasteiger partial charge in [0, 0.05) is 31.7 Å². The first-order chi connectivity index (χ1) is 9.69. The van der Waals surface area contributed by atoms with Gasteiger partial charge >= 0.3 is 0 Å². The van der Waals surface area contributed by atoms with Crippen LogP contribution in [0.3, 0.4) is 0 Å². The Bertz CT molecular complexity index is 264. The van der Waals surface area contributed by atoms with E-state index in [-0.39, 0.29) is 0 Å². The normalized spacial score (nSPS) is 30.0. The van der Waals surface area contributed by atoms with E-state index in [1.807, 2.05) is 0 Å². The summed E-state index contributed by atoms with van der Waals surface area (Å²) in [6.07, 6.45) is 3.89. The van der Waals surface area contributed by atoms with Gasteiger partial charge in [-0.05, 0) is 58.9 Å². The molecule has 0 aromatic carbocycles. The molecule has 0 radical (unpaired) electrons. The van der Waals surface area contributed by atoms with Crippen LogP contribution in [0.4, 0.5) is 0 Å². The minimum Gasteiger partial charge on any atom is -0.381 e. The SMILES string of the molecule is CCNC1CCOCC1CN(C)CC1CCN(C)CC1. The van der Waals surface area contributed by atoms with Gasteiger partial charge in [0.15, 0.2) is 0 Å². The highest BCUT2D eigenvalue weighted by Crippen LogP contribution is 2.20. The standard InChI is InChI=1S/C16H33N3O/c1-4-17-16-7-10-20-13-15(16)12-19(3)11-14-5-8-18(2)9-6-14/h14-17H,4-13H2,1-3H3. The number of hydrogen-bond acceptors (Lipinski definition) is 4. The molecule has 0 aromatic rings. The van der Waals surface area contributed by atoms with Crippen molar-refractivity contribution in [2.75, 3.05) is 60.0 Å². The Morgan fingerprint density at radius 1 is 1.20 bits per heavy atom. The van der Waals surface area contributed by atoms with Crippen molar-refractivity contribution in [3.63, 3.8) is 0 Å². The summed E-state index contributed by atoms with van der Waals surface area (Å²) < 4.78 is 5.69. The second-order valence-corrected chi connectivity index (χ2v) is 6.76. The van der Waals surface area contributed by atoms with Crippen LogP contribution in [0.1, 0.15) is 26.2 Å². The highest BCUT2D eigenvalue weighted by molar-refractivity contribution is 4.82. The lowest BCUT2D eigenvalue weighted by Crippen LogP contribution is -2.48. The molecule has 2 fully saturated rings.